The smallest absolute Gasteiger partial charge is 0.132 e. The highest BCUT2D eigenvalue weighted by atomic mass is 79.9. The summed E-state index contributed by atoms with van der Waals surface area (Å²) in [5, 5.41) is 0. The number of alkyl halides is 1. The predicted molar refractivity (Wildman–Crippen MR) is 70.2 cm³/mol. The zero-order valence-electron chi connectivity index (χ0n) is 10.1. The number of hydrogen-bond acceptors (Lipinski definition) is 1. The van der Waals surface area contributed by atoms with E-state index in [0.29, 0.717) is 6.42 Å². The molecule has 0 spiro atoms. The van der Waals surface area contributed by atoms with E-state index in [1.807, 2.05) is 45.0 Å². The van der Waals surface area contributed by atoms with Gasteiger partial charge in [-0.15, -0.1) is 0 Å². The van der Waals surface area contributed by atoms with Crippen LogP contribution >= 0.6 is 15.9 Å². The van der Waals surface area contributed by atoms with E-state index in [0.717, 1.165) is 10.0 Å². The van der Waals surface area contributed by atoms with Gasteiger partial charge in [0.15, 0.2) is 0 Å². The highest BCUT2D eigenvalue weighted by Crippen LogP contribution is 2.36. The average Bonchev–Trinajstić information content (AvgIpc) is 2.15. The van der Waals surface area contributed by atoms with Crippen molar-refractivity contribution < 1.29 is 4.39 Å². The minimum atomic E-state index is -1.37. The second-order valence-electron chi connectivity index (χ2n) is 5.23. The van der Waals surface area contributed by atoms with Crippen molar-refractivity contribution in [2.24, 2.45) is 11.1 Å². The van der Waals surface area contributed by atoms with E-state index in [2.05, 4.69) is 15.9 Å². The minimum Gasteiger partial charge on any atom is -0.327 e. The molecule has 1 aromatic rings. The maximum atomic E-state index is 14.7. The molecule has 16 heavy (non-hydrogen) atoms. The molecule has 2 N–H and O–H groups in total. The van der Waals surface area contributed by atoms with Crippen molar-refractivity contribution in [1.82, 2.24) is 0 Å². The summed E-state index contributed by atoms with van der Waals surface area (Å²) in [7, 11) is 0. The SMILES string of the molecule is CC(C)(C)C(F)(CN)Cc1cccc(Br)c1. The Morgan fingerprint density at radius 3 is 2.38 bits per heavy atom. The molecule has 0 radical (unpaired) electrons. The summed E-state index contributed by atoms with van der Waals surface area (Å²) in [4.78, 5) is 0. The van der Waals surface area contributed by atoms with E-state index in [-0.39, 0.29) is 6.54 Å². The third-order valence-corrected chi connectivity index (χ3v) is 3.53. The lowest BCUT2D eigenvalue weighted by atomic mass is 9.74. The van der Waals surface area contributed by atoms with Crippen molar-refractivity contribution in [2.75, 3.05) is 6.54 Å². The summed E-state index contributed by atoms with van der Waals surface area (Å²) in [6, 6.07) is 7.72. The molecule has 0 saturated heterocycles. The molecule has 1 unspecified atom stereocenters. The molecule has 1 aromatic carbocycles. The maximum absolute atomic E-state index is 14.7. The van der Waals surface area contributed by atoms with Gasteiger partial charge in [0.2, 0.25) is 0 Å². The first-order valence-corrected chi connectivity index (χ1v) is 6.21. The Hall–Kier alpha value is -0.410. The number of benzene rings is 1. The van der Waals surface area contributed by atoms with E-state index < -0.39 is 11.1 Å². The van der Waals surface area contributed by atoms with Gasteiger partial charge < -0.3 is 5.73 Å². The summed E-state index contributed by atoms with van der Waals surface area (Å²) >= 11 is 3.39. The maximum Gasteiger partial charge on any atom is 0.132 e. The van der Waals surface area contributed by atoms with Crippen LogP contribution in [0.25, 0.3) is 0 Å². The van der Waals surface area contributed by atoms with Gasteiger partial charge in [0.1, 0.15) is 5.67 Å². The van der Waals surface area contributed by atoms with Gasteiger partial charge in [0, 0.05) is 17.4 Å². The van der Waals surface area contributed by atoms with Crippen molar-refractivity contribution in [1.29, 1.82) is 0 Å². The second-order valence-corrected chi connectivity index (χ2v) is 6.14. The molecule has 0 aliphatic carbocycles. The van der Waals surface area contributed by atoms with Crippen molar-refractivity contribution in [2.45, 2.75) is 32.9 Å². The third kappa shape index (κ3) is 3.05. The summed E-state index contributed by atoms with van der Waals surface area (Å²) in [6.45, 7) is 5.70. The Labute approximate surface area is 105 Å². The molecule has 1 rings (SSSR count). The monoisotopic (exact) mass is 287 g/mol. The van der Waals surface area contributed by atoms with Crippen molar-refractivity contribution >= 4 is 15.9 Å². The van der Waals surface area contributed by atoms with Crippen LogP contribution in [0.15, 0.2) is 28.7 Å². The fourth-order valence-electron chi connectivity index (χ4n) is 1.61. The van der Waals surface area contributed by atoms with Crippen LogP contribution in [0.5, 0.6) is 0 Å². The number of rotatable bonds is 3. The first-order chi connectivity index (χ1) is 7.28. The average molecular weight is 288 g/mol. The van der Waals surface area contributed by atoms with Crippen LogP contribution in [0, 0.1) is 5.41 Å². The molecule has 0 amide bonds. The fraction of sp³-hybridized carbons (Fsp3) is 0.538. The molecule has 0 aliphatic rings. The predicted octanol–water partition coefficient (Wildman–Crippen LogP) is 3.70. The van der Waals surface area contributed by atoms with Gasteiger partial charge in [-0.1, -0.05) is 48.8 Å². The van der Waals surface area contributed by atoms with Crippen LogP contribution in [0.3, 0.4) is 0 Å². The third-order valence-electron chi connectivity index (χ3n) is 3.04. The molecule has 0 fully saturated rings. The van der Waals surface area contributed by atoms with E-state index in [1.165, 1.54) is 0 Å². The Morgan fingerprint density at radius 1 is 1.31 bits per heavy atom. The van der Waals surface area contributed by atoms with Gasteiger partial charge in [-0.05, 0) is 23.1 Å². The highest BCUT2D eigenvalue weighted by molar-refractivity contribution is 9.10. The second kappa shape index (κ2) is 4.84. The molecule has 0 aliphatic heterocycles. The van der Waals surface area contributed by atoms with Crippen LogP contribution < -0.4 is 5.73 Å². The first kappa shape index (κ1) is 13.7. The normalized spacial score (nSPS) is 15.9. The number of nitrogens with two attached hydrogens (primary N) is 1. The van der Waals surface area contributed by atoms with Crippen LogP contribution in [0.2, 0.25) is 0 Å². The van der Waals surface area contributed by atoms with Gasteiger partial charge in [0.05, 0.1) is 0 Å². The summed E-state index contributed by atoms with van der Waals surface area (Å²) < 4.78 is 15.7. The van der Waals surface area contributed by atoms with E-state index >= 15 is 0 Å². The molecule has 90 valence electrons. The zero-order valence-corrected chi connectivity index (χ0v) is 11.6. The Morgan fingerprint density at radius 2 is 1.94 bits per heavy atom. The van der Waals surface area contributed by atoms with Gasteiger partial charge >= 0.3 is 0 Å². The first-order valence-electron chi connectivity index (χ1n) is 5.42. The molecular weight excluding hydrogens is 269 g/mol. The largest absolute Gasteiger partial charge is 0.327 e. The minimum absolute atomic E-state index is 0.0447. The lowest BCUT2D eigenvalue weighted by Gasteiger charge is -2.37. The van der Waals surface area contributed by atoms with Crippen LogP contribution in [0.1, 0.15) is 26.3 Å². The van der Waals surface area contributed by atoms with Crippen molar-refractivity contribution in [3.8, 4) is 0 Å². The topological polar surface area (TPSA) is 26.0 Å². The highest BCUT2D eigenvalue weighted by Gasteiger charge is 2.41. The fourth-order valence-corrected chi connectivity index (χ4v) is 2.06. The quantitative estimate of drug-likeness (QED) is 0.901. The molecule has 1 nitrogen and oxygen atoms in total. The summed E-state index contributed by atoms with van der Waals surface area (Å²) in [5.41, 5.74) is 4.74. The van der Waals surface area contributed by atoms with E-state index in [4.69, 9.17) is 5.73 Å². The molecule has 0 heterocycles. The standard InChI is InChI=1S/C13H19BrFN/c1-12(2,3)13(15,9-16)8-10-5-4-6-11(14)7-10/h4-7H,8-9,16H2,1-3H3. The summed E-state index contributed by atoms with van der Waals surface area (Å²) in [6.07, 6.45) is 0.354. The van der Waals surface area contributed by atoms with Gasteiger partial charge in [-0.3, -0.25) is 0 Å². The van der Waals surface area contributed by atoms with Crippen LogP contribution in [-0.4, -0.2) is 12.2 Å². The van der Waals surface area contributed by atoms with E-state index in [1.54, 1.807) is 0 Å². The molecule has 0 aromatic heterocycles. The van der Waals surface area contributed by atoms with Crippen molar-refractivity contribution in [3.05, 3.63) is 34.3 Å². The molecule has 3 heteroatoms. The Kier molecular flexibility index (Phi) is 4.13. The Bertz CT molecular complexity index is 359. The lowest BCUT2D eigenvalue weighted by Crippen LogP contribution is -2.47. The van der Waals surface area contributed by atoms with Gasteiger partial charge in [-0.25, -0.2) is 4.39 Å². The molecule has 1 atom stereocenters. The zero-order chi connectivity index (χ0) is 12.4. The molecule has 0 bridgehead atoms. The summed E-state index contributed by atoms with van der Waals surface area (Å²) in [5.74, 6) is 0. The van der Waals surface area contributed by atoms with Gasteiger partial charge in [0.25, 0.3) is 0 Å². The Balaban J connectivity index is 2.94. The molecule has 0 saturated carbocycles. The number of hydrogen-bond donors (Lipinski definition) is 1. The number of halogens is 2. The lowest BCUT2D eigenvalue weighted by molar-refractivity contribution is 0.0382. The van der Waals surface area contributed by atoms with Crippen molar-refractivity contribution in [3.63, 3.8) is 0 Å². The van der Waals surface area contributed by atoms with Crippen LogP contribution in [0.4, 0.5) is 4.39 Å². The van der Waals surface area contributed by atoms with Crippen LogP contribution in [-0.2, 0) is 6.42 Å². The van der Waals surface area contributed by atoms with E-state index in [9.17, 15) is 4.39 Å². The van der Waals surface area contributed by atoms with Gasteiger partial charge in [-0.2, -0.15) is 0 Å². The molecular formula is C13H19BrFN.